The Bertz CT molecular complexity index is 889. The minimum absolute atomic E-state index is 0.289. The molecule has 1 N–H and O–H groups in total. The molecule has 1 atom stereocenters. The highest BCUT2D eigenvalue weighted by Gasteiger charge is 2.29. The van der Waals surface area contributed by atoms with Crippen LogP contribution in [0.25, 0.3) is 0 Å². The van der Waals surface area contributed by atoms with Gasteiger partial charge in [0.25, 0.3) is 5.91 Å². The highest BCUT2D eigenvalue weighted by Crippen LogP contribution is 2.40. The van der Waals surface area contributed by atoms with Crippen LogP contribution in [-0.2, 0) is 17.6 Å². The zero-order valence-corrected chi connectivity index (χ0v) is 17.4. The molecular weight excluding hydrogens is 378 g/mol. The normalized spacial score (nSPS) is 15.5. The molecule has 0 radical (unpaired) electrons. The maximum atomic E-state index is 13.0. The molecule has 2 aromatic rings. The molecule has 1 heterocycles. The number of hydrogen-bond donors (Lipinski definition) is 1. The molecule has 1 aliphatic rings. The molecule has 0 spiro atoms. The van der Waals surface area contributed by atoms with Crippen LogP contribution in [0.1, 0.15) is 51.4 Å². The van der Waals surface area contributed by atoms with E-state index in [1.165, 1.54) is 25.6 Å². The predicted molar refractivity (Wildman–Crippen MR) is 109 cm³/mol. The molecule has 0 bridgehead atoms. The number of carbonyl (C=O) groups excluding carboxylic acids is 2. The molecule has 0 fully saturated rings. The minimum atomic E-state index is -0.387. The monoisotopic (exact) mass is 403 g/mol. The van der Waals surface area contributed by atoms with Crippen LogP contribution in [0.3, 0.4) is 0 Å². The van der Waals surface area contributed by atoms with Gasteiger partial charge in [0, 0.05) is 4.88 Å². The second-order valence-corrected chi connectivity index (χ2v) is 7.90. The quantitative estimate of drug-likeness (QED) is 0.727. The lowest BCUT2D eigenvalue weighted by molar-refractivity contribution is 0.0526. The summed E-state index contributed by atoms with van der Waals surface area (Å²) in [5, 5.41) is 3.44. The van der Waals surface area contributed by atoms with Crippen molar-refractivity contribution in [1.82, 2.24) is 0 Å². The molecule has 1 aromatic carbocycles. The van der Waals surface area contributed by atoms with Gasteiger partial charge < -0.3 is 19.5 Å². The van der Waals surface area contributed by atoms with Crippen LogP contribution in [0.5, 0.6) is 11.5 Å². The van der Waals surface area contributed by atoms with Crippen molar-refractivity contribution in [2.45, 2.75) is 33.1 Å². The highest BCUT2D eigenvalue weighted by molar-refractivity contribution is 7.17. The Balaban J connectivity index is 1.98. The molecule has 1 amide bonds. The maximum absolute atomic E-state index is 13.0. The lowest BCUT2D eigenvalue weighted by Gasteiger charge is -2.18. The summed E-state index contributed by atoms with van der Waals surface area (Å²) < 4.78 is 15.8. The summed E-state index contributed by atoms with van der Waals surface area (Å²) in [6.45, 7) is 4.27. The van der Waals surface area contributed by atoms with Gasteiger partial charge in [-0.2, -0.15) is 0 Å². The van der Waals surface area contributed by atoms with Crippen LogP contribution >= 0.6 is 11.3 Å². The third kappa shape index (κ3) is 3.99. The molecule has 7 heteroatoms. The van der Waals surface area contributed by atoms with Gasteiger partial charge in [0.15, 0.2) is 0 Å². The van der Waals surface area contributed by atoms with Crippen LogP contribution in [0, 0.1) is 5.92 Å². The average molecular weight is 404 g/mol. The molecule has 28 heavy (non-hydrogen) atoms. The van der Waals surface area contributed by atoms with Gasteiger partial charge in [-0.3, -0.25) is 4.79 Å². The molecule has 1 unspecified atom stereocenters. The van der Waals surface area contributed by atoms with Gasteiger partial charge in [-0.15, -0.1) is 11.3 Å². The molecular formula is C21H25NO5S. The van der Waals surface area contributed by atoms with Crippen LogP contribution in [0.4, 0.5) is 5.00 Å². The standard InChI is InChI=1S/C21H25NO5S/c1-5-27-21(24)18-14-8-6-12(2)10-17(14)28-20(18)22-19(23)15-11-13(25-3)7-9-16(15)26-4/h7,9,11-12H,5-6,8,10H2,1-4H3,(H,22,23). The van der Waals surface area contributed by atoms with Gasteiger partial charge in [0.05, 0.1) is 32.0 Å². The van der Waals surface area contributed by atoms with E-state index in [4.69, 9.17) is 14.2 Å². The summed E-state index contributed by atoms with van der Waals surface area (Å²) in [6.07, 6.45) is 2.75. The number of anilines is 1. The fourth-order valence-corrected chi connectivity index (χ4v) is 4.81. The lowest BCUT2D eigenvalue weighted by atomic mass is 9.88. The van der Waals surface area contributed by atoms with E-state index < -0.39 is 0 Å². The van der Waals surface area contributed by atoms with E-state index >= 15 is 0 Å². The Kier molecular flexibility index (Phi) is 6.24. The highest BCUT2D eigenvalue weighted by atomic mass is 32.1. The van der Waals surface area contributed by atoms with Crippen molar-refractivity contribution in [1.29, 1.82) is 0 Å². The maximum Gasteiger partial charge on any atom is 0.341 e. The number of fused-ring (bicyclic) bond motifs is 1. The van der Waals surface area contributed by atoms with E-state index in [9.17, 15) is 9.59 Å². The minimum Gasteiger partial charge on any atom is -0.497 e. The van der Waals surface area contributed by atoms with Gasteiger partial charge in [-0.25, -0.2) is 4.79 Å². The second kappa shape index (κ2) is 8.65. The van der Waals surface area contributed by atoms with Gasteiger partial charge in [0.2, 0.25) is 0 Å². The Morgan fingerprint density at radius 2 is 2.04 bits per heavy atom. The smallest absolute Gasteiger partial charge is 0.341 e. The fraction of sp³-hybridized carbons (Fsp3) is 0.429. The van der Waals surface area contributed by atoms with Crippen molar-refractivity contribution in [2.75, 3.05) is 26.1 Å². The first-order valence-corrected chi connectivity index (χ1v) is 10.1. The Hall–Kier alpha value is -2.54. The number of carbonyl (C=O) groups is 2. The zero-order valence-electron chi connectivity index (χ0n) is 16.6. The van der Waals surface area contributed by atoms with E-state index in [1.807, 2.05) is 0 Å². The van der Waals surface area contributed by atoms with E-state index in [0.29, 0.717) is 33.5 Å². The molecule has 0 aliphatic heterocycles. The molecule has 0 saturated carbocycles. The van der Waals surface area contributed by atoms with Gasteiger partial charge in [-0.05, 0) is 55.9 Å². The van der Waals surface area contributed by atoms with E-state index in [1.54, 1.807) is 25.1 Å². The van der Waals surface area contributed by atoms with Crippen LogP contribution in [-0.4, -0.2) is 32.7 Å². The summed E-state index contributed by atoms with van der Waals surface area (Å²) in [5.74, 6) is 0.806. The topological polar surface area (TPSA) is 73.9 Å². The molecule has 1 aliphatic carbocycles. The number of thiophene rings is 1. The number of nitrogens with one attached hydrogen (secondary N) is 1. The number of methoxy groups -OCH3 is 2. The average Bonchev–Trinajstić information content (AvgIpc) is 3.04. The van der Waals surface area contributed by atoms with Gasteiger partial charge in [0.1, 0.15) is 16.5 Å². The number of amides is 1. The molecule has 0 saturated heterocycles. The number of rotatable bonds is 6. The van der Waals surface area contributed by atoms with Crippen LogP contribution < -0.4 is 14.8 Å². The predicted octanol–water partition coefficient (Wildman–Crippen LogP) is 4.32. The third-order valence-electron chi connectivity index (χ3n) is 4.87. The van der Waals surface area contributed by atoms with Crippen LogP contribution in [0.2, 0.25) is 0 Å². The fourth-order valence-electron chi connectivity index (χ4n) is 3.42. The van der Waals surface area contributed by atoms with E-state index in [0.717, 1.165) is 29.7 Å². The second-order valence-electron chi connectivity index (χ2n) is 6.80. The number of hydrogen-bond acceptors (Lipinski definition) is 6. The summed E-state index contributed by atoms with van der Waals surface area (Å²) in [7, 11) is 3.05. The van der Waals surface area contributed by atoms with E-state index in [-0.39, 0.29) is 18.5 Å². The first kappa shape index (κ1) is 20.2. The molecule has 6 nitrogen and oxygen atoms in total. The summed E-state index contributed by atoms with van der Waals surface area (Å²) in [5.41, 5.74) is 1.84. The number of benzene rings is 1. The molecule has 1 aromatic heterocycles. The van der Waals surface area contributed by atoms with Gasteiger partial charge in [-0.1, -0.05) is 6.92 Å². The summed E-state index contributed by atoms with van der Waals surface area (Å²) >= 11 is 1.46. The van der Waals surface area contributed by atoms with Crippen molar-refractivity contribution < 1.29 is 23.8 Å². The van der Waals surface area contributed by atoms with Crippen molar-refractivity contribution in [2.24, 2.45) is 5.92 Å². The van der Waals surface area contributed by atoms with Crippen molar-refractivity contribution in [3.8, 4) is 11.5 Å². The SMILES string of the molecule is CCOC(=O)c1c(NC(=O)c2cc(OC)ccc2OC)sc2c1CCC(C)C2. The zero-order chi connectivity index (χ0) is 20.3. The lowest BCUT2D eigenvalue weighted by Crippen LogP contribution is -2.17. The number of esters is 1. The van der Waals surface area contributed by atoms with Crippen molar-refractivity contribution in [3.05, 3.63) is 39.8 Å². The van der Waals surface area contributed by atoms with Gasteiger partial charge >= 0.3 is 5.97 Å². The van der Waals surface area contributed by atoms with Crippen molar-refractivity contribution in [3.63, 3.8) is 0 Å². The summed E-state index contributed by atoms with van der Waals surface area (Å²) in [6, 6.07) is 5.03. The number of ether oxygens (including phenoxy) is 3. The van der Waals surface area contributed by atoms with Crippen LogP contribution in [0.15, 0.2) is 18.2 Å². The third-order valence-corrected chi connectivity index (χ3v) is 6.04. The summed E-state index contributed by atoms with van der Waals surface area (Å²) in [4.78, 5) is 26.7. The van der Waals surface area contributed by atoms with E-state index in [2.05, 4.69) is 12.2 Å². The Morgan fingerprint density at radius 1 is 1.25 bits per heavy atom. The Morgan fingerprint density at radius 3 is 2.71 bits per heavy atom. The first-order valence-electron chi connectivity index (χ1n) is 9.33. The molecule has 150 valence electrons. The first-order chi connectivity index (χ1) is 13.5. The largest absolute Gasteiger partial charge is 0.497 e. The molecule has 3 rings (SSSR count). The Labute approximate surface area is 168 Å². The van der Waals surface area contributed by atoms with Crippen molar-refractivity contribution >= 4 is 28.2 Å².